The molecule has 0 amide bonds. The molecule has 1 aromatic carbocycles. The molecule has 4 nitrogen and oxygen atoms in total. The van der Waals surface area contributed by atoms with Crippen molar-refractivity contribution in [3.8, 4) is 0 Å². The number of alkyl halides is 3. The molecule has 0 heterocycles. The van der Waals surface area contributed by atoms with E-state index in [0.717, 1.165) is 26.0 Å². The standard InChI is InChI=1S/C11H10F3IO4/c1-7(16)18-15(19-8(2)17)10-6-4-3-5-9(10)11(12,13)14/h3-6H,1-2H3. The molecule has 0 aliphatic rings. The average molecular weight is 390 g/mol. The van der Waals surface area contributed by atoms with E-state index in [1.165, 1.54) is 12.1 Å². The van der Waals surface area contributed by atoms with Gasteiger partial charge >= 0.3 is 115 Å². The van der Waals surface area contributed by atoms with E-state index in [0.29, 0.717) is 0 Å². The first-order valence-electron chi connectivity index (χ1n) is 4.96. The van der Waals surface area contributed by atoms with Gasteiger partial charge in [0.25, 0.3) is 0 Å². The zero-order chi connectivity index (χ0) is 14.6. The molecule has 0 atom stereocenters. The van der Waals surface area contributed by atoms with Gasteiger partial charge in [0.15, 0.2) is 0 Å². The van der Waals surface area contributed by atoms with Crippen molar-refractivity contribution in [2.45, 2.75) is 20.0 Å². The molecule has 19 heavy (non-hydrogen) atoms. The van der Waals surface area contributed by atoms with E-state index in [1.54, 1.807) is 0 Å². The molecule has 1 rings (SSSR count). The molecule has 0 fully saturated rings. The maximum absolute atomic E-state index is 12.8. The molecule has 8 heteroatoms. The van der Waals surface area contributed by atoms with E-state index in [1.807, 2.05) is 0 Å². The van der Waals surface area contributed by atoms with E-state index in [-0.39, 0.29) is 3.57 Å². The Morgan fingerprint density at radius 2 is 1.53 bits per heavy atom. The van der Waals surface area contributed by atoms with Crippen molar-refractivity contribution in [1.82, 2.24) is 0 Å². The summed E-state index contributed by atoms with van der Waals surface area (Å²) >= 11 is -3.46. The van der Waals surface area contributed by atoms with Crippen LogP contribution in [-0.4, -0.2) is 11.9 Å². The molecular formula is C11H10F3IO4. The fourth-order valence-electron chi connectivity index (χ4n) is 1.12. The van der Waals surface area contributed by atoms with E-state index >= 15 is 0 Å². The molecule has 0 aromatic heterocycles. The minimum atomic E-state index is -4.60. The third kappa shape index (κ3) is 4.69. The fourth-order valence-corrected chi connectivity index (χ4v) is 4.27. The van der Waals surface area contributed by atoms with Crippen LogP contribution in [0.4, 0.5) is 13.2 Å². The molecule has 0 N–H and O–H groups in total. The summed E-state index contributed by atoms with van der Waals surface area (Å²) in [6.45, 7) is 2.09. The second kappa shape index (κ2) is 6.22. The summed E-state index contributed by atoms with van der Waals surface area (Å²) in [4.78, 5) is 21.8. The zero-order valence-electron chi connectivity index (χ0n) is 9.95. The Labute approximate surface area is 115 Å². The van der Waals surface area contributed by atoms with E-state index in [2.05, 4.69) is 0 Å². The first-order chi connectivity index (χ1) is 8.71. The van der Waals surface area contributed by atoms with Gasteiger partial charge in [-0.15, -0.1) is 0 Å². The average Bonchev–Trinajstić information content (AvgIpc) is 2.25. The molecule has 0 unspecified atom stereocenters. The minimum absolute atomic E-state index is 0.274. The summed E-state index contributed by atoms with van der Waals surface area (Å²) < 4.78 is 47.7. The quantitative estimate of drug-likeness (QED) is 0.744. The summed E-state index contributed by atoms with van der Waals surface area (Å²) in [5.41, 5.74) is -0.956. The first kappa shape index (κ1) is 15.7. The van der Waals surface area contributed by atoms with E-state index < -0.39 is 44.3 Å². The zero-order valence-corrected chi connectivity index (χ0v) is 12.1. The Hall–Kier alpha value is -1.32. The van der Waals surface area contributed by atoms with Crippen molar-refractivity contribution in [1.29, 1.82) is 0 Å². The molecule has 0 bridgehead atoms. The van der Waals surface area contributed by atoms with Crippen LogP contribution in [0.1, 0.15) is 19.4 Å². The Balaban J connectivity index is 3.21. The number of halogens is 4. The topological polar surface area (TPSA) is 52.6 Å². The second-order valence-corrected chi connectivity index (χ2v) is 6.62. The van der Waals surface area contributed by atoms with Gasteiger partial charge in [0.2, 0.25) is 0 Å². The van der Waals surface area contributed by atoms with Crippen LogP contribution in [0.2, 0.25) is 0 Å². The Kier molecular flexibility index (Phi) is 5.15. The van der Waals surface area contributed by atoms with Crippen molar-refractivity contribution >= 4 is 32.6 Å². The van der Waals surface area contributed by atoms with E-state index in [9.17, 15) is 22.8 Å². The number of carbonyl (C=O) groups is 2. The Morgan fingerprint density at radius 3 is 1.95 bits per heavy atom. The van der Waals surface area contributed by atoms with Gasteiger partial charge in [-0.3, -0.25) is 0 Å². The summed E-state index contributed by atoms with van der Waals surface area (Å²) in [6.07, 6.45) is -4.60. The van der Waals surface area contributed by atoms with Crippen molar-refractivity contribution in [3.63, 3.8) is 0 Å². The molecule has 0 saturated carbocycles. The molecule has 0 aliphatic heterocycles. The van der Waals surface area contributed by atoms with Crippen LogP contribution >= 0.6 is 20.6 Å². The molecule has 0 spiro atoms. The summed E-state index contributed by atoms with van der Waals surface area (Å²) in [5, 5.41) is 0. The van der Waals surface area contributed by atoms with Gasteiger partial charge in [-0.1, -0.05) is 0 Å². The number of hydrogen-bond donors (Lipinski definition) is 0. The summed E-state index contributed by atoms with van der Waals surface area (Å²) in [6, 6.07) is 4.58. The molecule has 0 aliphatic carbocycles. The van der Waals surface area contributed by atoms with Gasteiger partial charge < -0.3 is 0 Å². The molecule has 1 aromatic rings. The predicted molar refractivity (Wildman–Crippen MR) is 67.7 cm³/mol. The number of carbonyl (C=O) groups excluding carboxylic acids is 2. The number of rotatable bonds is 3. The van der Waals surface area contributed by atoms with Gasteiger partial charge in [-0.25, -0.2) is 0 Å². The van der Waals surface area contributed by atoms with Crippen LogP contribution in [0.3, 0.4) is 0 Å². The molecule has 0 radical (unpaired) electrons. The van der Waals surface area contributed by atoms with Crippen LogP contribution in [0.5, 0.6) is 0 Å². The number of benzene rings is 1. The Morgan fingerprint density at radius 1 is 1.05 bits per heavy atom. The third-order valence-corrected chi connectivity index (χ3v) is 5.63. The van der Waals surface area contributed by atoms with Crippen LogP contribution in [-0.2, 0) is 21.9 Å². The molecule has 0 saturated heterocycles. The van der Waals surface area contributed by atoms with Gasteiger partial charge in [0.1, 0.15) is 0 Å². The fraction of sp³-hybridized carbons (Fsp3) is 0.273. The SMILES string of the molecule is CC(=O)OI(OC(C)=O)c1ccccc1C(F)(F)F. The van der Waals surface area contributed by atoms with Gasteiger partial charge in [-0.2, -0.15) is 0 Å². The van der Waals surface area contributed by atoms with Gasteiger partial charge in [0.05, 0.1) is 0 Å². The van der Waals surface area contributed by atoms with Crippen LogP contribution in [0.25, 0.3) is 0 Å². The first-order valence-corrected chi connectivity index (χ1v) is 7.80. The molecule has 106 valence electrons. The van der Waals surface area contributed by atoms with Gasteiger partial charge in [-0.05, 0) is 0 Å². The van der Waals surface area contributed by atoms with Crippen molar-refractivity contribution in [2.24, 2.45) is 0 Å². The van der Waals surface area contributed by atoms with Crippen LogP contribution < -0.4 is 0 Å². The maximum atomic E-state index is 12.8. The summed E-state index contributed by atoms with van der Waals surface area (Å²) in [7, 11) is 0. The number of hydrogen-bond acceptors (Lipinski definition) is 4. The van der Waals surface area contributed by atoms with Crippen molar-refractivity contribution in [3.05, 3.63) is 33.4 Å². The Bertz CT molecular complexity index is 471. The normalized spacial score (nSPS) is 11.7. The predicted octanol–water partition coefficient (Wildman–Crippen LogP) is 3.34. The van der Waals surface area contributed by atoms with Gasteiger partial charge in [0, 0.05) is 0 Å². The van der Waals surface area contributed by atoms with Crippen molar-refractivity contribution < 1.29 is 28.9 Å². The van der Waals surface area contributed by atoms with Crippen LogP contribution in [0.15, 0.2) is 24.3 Å². The van der Waals surface area contributed by atoms with Crippen molar-refractivity contribution in [2.75, 3.05) is 0 Å². The second-order valence-electron chi connectivity index (χ2n) is 3.33. The molecular weight excluding hydrogens is 380 g/mol. The summed E-state index contributed by atoms with van der Waals surface area (Å²) in [5.74, 6) is -1.58. The van der Waals surface area contributed by atoms with E-state index in [4.69, 9.17) is 6.13 Å². The third-order valence-electron chi connectivity index (χ3n) is 1.70. The van der Waals surface area contributed by atoms with Crippen LogP contribution in [0, 0.1) is 3.57 Å². The monoisotopic (exact) mass is 390 g/mol.